The van der Waals surface area contributed by atoms with Crippen LogP contribution in [0, 0.1) is 0 Å². The van der Waals surface area contributed by atoms with Crippen LogP contribution in [0.15, 0.2) is 22.0 Å². The third-order valence-corrected chi connectivity index (χ3v) is 6.03. The predicted molar refractivity (Wildman–Crippen MR) is 96.3 cm³/mol. The molecule has 2 aromatic heterocycles. The lowest BCUT2D eigenvalue weighted by atomic mass is 10.2. The van der Waals surface area contributed by atoms with Crippen molar-refractivity contribution >= 4 is 17.2 Å². The fourth-order valence-corrected chi connectivity index (χ4v) is 4.43. The van der Waals surface area contributed by atoms with Crippen molar-refractivity contribution in [2.45, 2.75) is 44.6 Å². The van der Waals surface area contributed by atoms with E-state index in [0.717, 1.165) is 30.8 Å². The van der Waals surface area contributed by atoms with Gasteiger partial charge in [-0.3, -0.25) is 9.69 Å². The Kier molecular flexibility index (Phi) is 5.12. The van der Waals surface area contributed by atoms with E-state index in [4.69, 9.17) is 4.52 Å². The maximum Gasteiger partial charge on any atom is 0.226 e. The molecular weight excluding hydrogens is 336 g/mol. The first-order chi connectivity index (χ1) is 12.3. The molecule has 4 heterocycles. The Balaban J connectivity index is 1.21. The molecule has 2 aliphatic rings. The highest BCUT2D eigenvalue weighted by atomic mass is 32.1. The molecule has 25 heavy (non-hydrogen) atoms. The molecule has 1 unspecified atom stereocenters. The number of hydrogen-bond donors (Lipinski definition) is 0. The minimum absolute atomic E-state index is 0.264. The van der Waals surface area contributed by atoms with Crippen molar-refractivity contribution in [1.82, 2.24) is 19.9 Å². The molecule has 2 fully saturated rings. The summed E-state index contributed by atoms with van der Waals surface area (Å²) in [6.45, 7) is 4.22. The molecule has 4 rings (SSSR count). The monoisotopic (exact) mass is 360 g/mol. The lowest BCUT2D eigenvalue weighted by Crippen LogP contribution is -2.37. The van der Waals surface area contributed by atoms with Crippen molar-refractivity contribution in [2.75, 3.05) is 26.2 Å². The number of hydrogen-bond acceptors (Lipinski definition) is 6. The second-order valence-electron chi connectivity index (χ2n) is 6.87. The number of carbonyl (C=O) groups is 1. The van der Waals surface area contributed by atoms with Crippen LogP contribution in [-0.2, 0) is 11.2 Å². The third-order valence-electron chi connectivity index (χ3n) is 5.16. The van der Waals surface area contributed by atoms with Gasteiger partial charge in [0.15, 0.2) is 0 Å². The fourth-order valence-electron chi connectivity index (χ4n) is 3.78. The first-order valence-electron chi connectivity index (χ1n) is 9.18. The molecular formula is C18H24N4O2S. The van der Waals surface area contributed by atoms with E-state index in [2.05, 4.69) is 15.0 Å². The van der Waals surface area contributed by atoms with Gasteiger partial charge in [-0.05, 0) is 50.2 Å². The standard InChI is InChI=1S/C18H24N4O2S/c23-17(22-11-8-14(13-22)21-9-1-2-10-21)7-3-6-16-19-18(20-24-16)15-5-4-12-25-15/h4-5,12,14H,1-3,6-11,13H2. The highest BCUT2D eigenvalue weighted by Crippen LogP contribution is 2.23. The topological polar surface area (TPSA) is 62.5 Å². The largest absolute Gasteiger partial charge is 0.341 e. The van der Waals surface area contributed by atoms with E-state index < -0.39 is 0 Å². The number of rotatable bonds is 6. The first kappa shape index (κ1) is 16.7. The van der Waals surface area contributed by atoms with Crippen LogP contribution < -0.4 is 0 Å². The van der Waals surface area contributed by atoms with Crippen molar-refractivity contribution in [2.24, 2.45) is 0 Å². The highest BCUT2D eigenvalue weighted by Gasteiger charge is 2.31. The van der Waals surface area contributed by atoms with Crippen molar-refractivity contribution in [3.8, 4) is 10.7 Å². The lowest BCUT2D eigenvalue weighted by molar-refractivity contribution is -0.130. The number of thiophene rings is 1. The van der Waals surface area contributed by atoms with Crippen LogP contribution in [0.1, 0.15) is 38.0 Å². The van der Waals surface area contributed by atoms with E-state index in [-0.39, 0.29) is 5.91 Å². The molecule has 6 nitrogen and oxygen atoms in total. The minimum Gasteiger partial charge on any atom is -0.341 e. The van der Waals surface area contributed by atoms with Crippen molar-refractivity contribution < 1.29 is 9.32 Å². The van der Waals surface area contributed by atoms with Crippen LogP contribution in [0.2, 0.25) is 0 Å². The molecule has 134 valence electrons. The number of aryl methyl sites for hydroxylation is 1. The SMILES string of the molecule is O=C(CCCc1nc(-c2cccs2)no1)N1CCC(N2CCCC2)C1. The van der Waals surface area contributed by atoms with Gasteiger partial charge < -0.3 is 9.42 Å². The molecule has 1 atom stereocenters. The van der Waals surface area contributed by atoms with Crippen molar-refractivity contribution in [3.63, 3.8) is 0 Å². The summed E-state index contributed by atoms with van der Waals surface area (Å²) in [6.07, 6.45) is 5.72. The third kappa shape index (κ3) is 3.93. The van der Waals surface area contributed by atoms with Gasteiger partial charge in [-0.1, -0.05) is 11.2 Å². The zero-order chi connectivity index (χ0) is 17.1. The van der Waals surface area contributed by atoms with Gasteiger partial charge in [-0.2, -0.15) is 4.98 Å². The second kappa shape index (κ2) is 7.66. The van der Waals surface area contributed by atoms with E-state index >= 15 is 0 Å². The molecule has 0 radical (unpaired) electrons. The molecule has 0 N–H and O–H groups in total. The quantitative estimate of drug-likeness (QED) is 0.793. The van der Waals surface area contributed by atoms with Gasteiger partial charge >= 0.3 is 0 Å². The average molecular weight is 360 g/mol. The Morgan fingerprint density at radius 1 is 1.32 bits per heavy atom. The van der Waals surface area contributed by atoms with E-state index in [9.17, 15) is 4.79 Å². The summed E-state index contributed by atoms with van der Waals surface area (Å²) in [7, 11) is 0. The highest BCUT2D eigenvalue weighted by molar-refractivity contribution is 7.13. The Hall–Kier alpha value is -1.73. The number of aromatic nitrogens is 2. The van der Waals surface area contributed by atoms with E-state index in [1.165, 1.54) is 25.9 Å². The Labute approximate surface area is 151 Å². The summed E-state index contributed by atoms with van der Waals surface area (Å²) in [4.78, 5) is 22.4. The van der Waals surface area contributed by atoms with Gasteiger partial charge in [0.2, 0.25) is 17.6 Å². The van der Waals surface area contributed by atoms with Gasteiger partial charge in [0.25, 0.3) is 0 Å². The van der Waals surface area contributed by atoms with Crippen LogP contribution in [0.5, 0.6) is 0 Å². The number of likely N-dealkylation sites (tertiary alicyclic amines) is 2. The van der Waals surface area contributed by atoms with E-state index in [1.807, 2.05) is 22.4 Å². The van der Waals surface area contributed by atoms with Gasteiger partial charge in [0, 0.05) is 32.0 Å². The van der Waals surface area contributed by atoms with E-state index in [1.54, 1.807) is 11.3 Å². The molecule has 2 aromatic rings. The van der Waals surface area contributed by atoms with Crippen LogP contribution in [0.25, 0.3) is 10.7 Å². The first-order valence-corrected chi connectivity index (χ1v) is 10.1. The van der Waals surface area contributed by atoms with Crippen molar-refractivity contribution in [1.29, 1.82) is 0 Å². The summed E-state index contributed by atoms with van der Waals surface area (Å²) in [5.74, 6) is 1.52. The fraction of sp³-hybridized carbons (Fsp3) is 0.611. The Morgan fingerprint density at radius 3 is 3.00 bits per heavy atom. The smallest absolute Gasteiger partial charge is 0.226 e. The normalized spacial score (nSPS) is 21.3. The molecule has 2 aliphatic heterocycles. The Morgan fingerprint density at radius 2 is 2.20 bits per heavy atom. The summed E-state index contributed by atoms with van der Waals surface area (Å²) in [6, 6.07) is 4.53. The minimum atomic E-state index is 0.264. The number of nitrogens with zero attached hydrogens (tertiary/aromatic N) is 4. The van der Waals surface area contributed by atoms with Gasteiger partial charge in [0.1, 0.15) is 0 Å². The van der Waals surface area contributed by atoms with Crippen LogP contribution >= 0.6 is 11.3 Å². The summed E-state index contributed by atoms with van der Waals surface area (Å²) < 4.78 is 5.29. The summed E-state index contributed by atoms with van der Waals surface area (Å²) in [5.41, 5.74) is 0. The van der Waals surface area contributed by atoms with Gasteiger partial charge in [-0.15, -0.1) is 11.3 Å². The molecule has 0 saturated carbocycles. The zero-order valence-corrected chi connectivity index (χ0v) is 15.2. The van der Waals surface area contributed by atoms with Crippen LogP contribution in [0.3, 0.4) is 0 Å². The Bertz CT molecular complexity index is 694. The molecule has 2 saturated heterocycles. The molecule has 0 aliphatic carbocycles. The van der Waals surface area contributed by atoms with Gasteiger partial charge in [0.05, 0.1) is 4.88 Å². The van der Waals surface area contributed by atoms with Crippen molar-refractivity contribution in [3.05, 3.63) is 23.4 Å². The van der Waals surface area contributed by atoms with Gasteiger partial charge in [-0.25, -0.2) is 0 Å². The molecule has 0 bridgehead atoms. The number of carbonyl (C=O) groups excluding carboxylic acids is 1. The van der Waals surface area contributed by atoms with E-state index in [0.29, 0.717) is 30.6 Å². The van der Waals surface area contributed by atoms with Crippen LogP contribution in [-0.4, -0.2) is 58.1 Å². The molecule has 1 amide bonds. The second-order valence-corrected chi connectivity index (χ2v) is 7.82. The number of amides is 1. The zero-order valence-electron chi connectivity index (χ0n) is 14.4. The van der Waals surface area contributed by atoms with Crippen LogP contribution in [0.4, 0.5) is 0 Å². The average Bonchev–Trinajstić information content (AvgIpc) is 3.42. The predicted octanol–water partition coefficient (Wildman–Crippen LogP) is 2.82. The maximum atomic E-state index is 12.4. The summed E-state index contributed by atoms with van der Waals surface area (Å²) >= 11 is 1.60. The molecule has 0 spiro atoms. The maximum absolute atomic E-state index is 12.4. The molecule has 0 aromatic carbocycles. The lowest BCUT2D eigenvalue weighted by Gasteiger charge is -2.23. The summed E-state index contributed by atoms with van der Waals surface area (Å²) in [5, 5.41) is 6.01. The molecule has 7 heteroatoms.